The van der Waals surface area contributed by atoms with E-state index in [1.807, 2.05) is 6.92 Å². The maximum Gasteiger partial charge on any atom is 0.260 e. The molecule has 1 aromatic heterocycles. The number of nitrogens with one attached hydrogen (secondary N) is 1. The summed E-state index contributed by atoms with van der Waals surface area (Å²) < 4.78 is 13.7. The highest BCUT2D eigenvalue weighted by atomic mass is 32.1. The number of aryl methyl sites for hydroxylation is 1. The standard InChI is InChI=1S/C14H11FN2O2S/c1-9-8-16-14(20-9)17-13(19)11-7-10(3-2-6-18)4-5-12(11)15/h4-5,7-8,18H,6H2,1H3,(H,16,17,19). The van der Waals surface area contributed by atoms with Crippen molar-refractivity contribution in [2.24, 2.45) is 0 Å². The lowest BCUT2D eigenvalue weighted by atomic mass is 10.1. The number of thiazole rings is 1. The predicted molar refractivity (Wildman–Crippen MR) is 75.2 cm³/mol. The fraction of sp³-hybridized carbons (Fsp3) is 0.143. The molecule has 2 rings (SSSR count). The van der Waals surface area contributed by atoms with Gasteiger partial charge in [0.1, 0.15) is 12.4 Å². The molecule has 0 bridgehead atoms. The number of aliphatic hydroxyl groups is 1. The molecule has 0 aliphatic rings. The Morgan fingerprint density at radius 2 is 2.35 bits per heavy atom. The number of carbonyl (C=O) groups is 1. The van der Waals surface area contributed by atoms with Crippen LogP contribution in [0.25, 0.3) is 0 Å². The molecule has 0 spiro atoms. The maximum atomic E-state index is 13.7. The van der Waals surface area contributed by atoms with Gasteiger partial charge in [-0.2, -0.15) is 0 Å². The monoisotopic (exact) mass is 290 g/mol. The van der Waals surface area contributed by atoms with E-state index >= 15 is 0 Å². The average molecular weight is 290 g/mol. The van der Waals surface area contributed by atoms with Crippen LogP contribution >= 0.6 is 11.3 Å². The van der Waals surface area contributed by atoms with Gasteiger partial charge < -0.3 is 5.11 Å². The summed E-state index contributed by atoms with van der Waals surface area (Å²) >= 11 is 1.31. The topological polar surface area (TPSA) is 62.2 Å². The van der Waals surface area contributed by atoms with Crippen LogP contribution in [0.15, 0.2) is 24.4 Å². The number of anilines is 1. The van der Waals surface area contributed by atoms with E-state index in [4.69, 9.17) is 5.11 Å². The van der Waals surface area contributed by atoms with E-state index in [0.717, 1.165) is 4.88 Å². The van der Waals surface area contributed by atoms with Crippen molar-refractivity contribution in [3.63, 3.8) is 0 Å². The van der Waals surface area contributed by atoms with Gasteiger partial charge in [-0.1, -0.05) is 11.8 Å². The molecule has 0 aliphatic carbocycles. The second kappa shape index (κ2) is 6.28. The summed E-state index contributed by atoms with van der Waals surface area (Å²) in [5.41, 5.74) is 0.350. The first-order valence-corrected chi connectivity index (χ1v) is 6.55. The summed E-state index contributed by atoms with van der Waals surface area (Å²) in [6, 6.07) is 3.96. The van der Waals surface area contributed by atoms with Crippen LogP contribution in [0.2, 0.25) is 0 Å². The Morgan fingerprint density at radius 3 is 3.00 bits per heavy atom. The van der Waals surface area contributed by atoms with E-state index in [1.165, 1.54) is 29.5 Å². The van der Waals surface area contributed by atoms with E-state index in [1.54, 1.807) is 6.20 Å². The number of benzene rings is 1. The van der Waals surface area contributed by atoms with Crippen molar-refractivity contribution in [2.45, 2.75) is 6.92 Å². The Bertz CT molecular complexity index is 701. The third kappa shape index (κ3) is 3.41. The van der Waals surface area contributed by atoms with Crippen LogP contribution in [0.3, 0.4) is 0 Å². The Morgan fingerprint density at radius 1 is 1.55 bits per heavy atom. The highest BCUT2D eigenvalue weighted by Crippen LogP contribution is 2.18. The number of carbonyl (C=O) groups excluding carboxylic acids is 1. The van der Waals surface area contributed by atoms with Crippen molar-refractivity contribution in [3.05, 3.63) is 46.2 Å². The molecule has 0 aliphatic heterocycles. The number of amides is 1. The Kier molecular flexibility index (Phi) is 4.45. The number of hydrogen-bond donors (Lipinski definition) is 2. The number of aliphatic hydroxyl groups excluding tert-OH is 1. The van der Waals surface area contributed by atoms with Gasteiger partial charge in [0, 0.05) is 16.6 Å². The summed E-state index contributed by atoms with van der Waals surface area (Å²) in [6.07, 6.45) is 1.62. The molecule has 6 heteroatoms. The third-order valence-corrected chi connectivity index (χ3v) is 3.19. The summed E-state index contributed by atoms with van der Waals surface area (Å²) in [7, 11) is 0. The number of rotatable bonds is 2. The molecule has 20 heavy (non-hydrogen) atoms. The van der Waals surface area contributed by atoms with E-state index in [0.29, 0.717) is 10.7 Å². The highest BCUT2D eigenvalue weighted by molar-refractivity contribution is 7.15. The van der Waals surface area contributed by atoms with Crippen LogP contribution in [-0.4, -0.2) is 22.6 Å². The lowest BCUT2D eigenvalue weighted by Crippen LogP contribution is -2.13. The molecule has 1 heterocycles. The molecule has 1 aromatic carbocycles. The first-order valence-electron chi connectivity index (χ1n) is 5.73. The molecular formula is C14H11FN2O2S. The van der Waals surface area contributed by atoms with Gasteiger partial charge in [0.15, 0.2) is 5.13 Å². The van der Waals surface area contributed by atoms with Crippen LogP contribution in [0.5, 0.6) is 0 Å². The second-order valence-corrected chi connectivity index (χ2v) is 5.12. The molecule has 2 aromatic rings. The normalized spacial score (nSPS) is 9.75. The fourth-order valence-corrected chi connectivity index (χ4v) is 2.16. The van der Waals surface area contributed by atoms with Crippen molar-refractivity contribution < 1.29 is 14.3 Å². The molecule has 0 saturated heterocycles. The van der Waals surface area contributed by atoms with Crippen LogP contribution in [0, 0.1) is 24.6 Å². The highest BCUT2D eigenvalue weighted by Gasteiger charge is 2.13. The van der Waals surface area contributed by atoms with Crippen LogP contribution < -0.4 is 5.32 Å². The van der Waals surface area contributed by atoms with Crippen molar-refractivity contribution >= 4 is 22.4 Å². The van der Waals surface area contributed by atoms with E-state index in [9.17, 15) is 9.18 Å². The van der Waals surface area contributed by atoms with Gasteiger partial charge in [-0.15, -0.1) is 11.3 Å². The lowest BCUT2D eigenvalue weighted by molar-refractivity contribution is 0.102. The van der Waals surface area contributed by atoms with Gasteiger partial charge in [0.2, 0.25) is 0 Å². The maximum absolute atomic E-state index is 13.7. The Hall–Kier alpha value is -2.23. The van der Waals surface area contributed by atoms with Crippen molar-refractivity contribution in [3.8, 4) is 11.8 Å². The van der Waals surface area contributed by atoms with Gasteiger partial charge in [-0.3, -0.25) is 10.1 Å². The van der Waals surface area contributed by atoms with E-state index in [-0.39, 0.29) is 12.2 Å². The van der Waals surface area contributed by atoms with E-state index in [2.05, 4.69) is 22.1 Å². The quantitative estimate of drug-likeness (QED) is 0.833. The van der Waals surface area contributed by atoms with Gasteiger partial charge in [-0.05, 0) is 25.1 Å². The zero-order chi connectivity index (χ0) is 14.5. The molecule has 1 amide bonds. The molecule has 0 fully saturated rings. The predicted octanol–water partition coefficient (Wildman–Crippen LogP) is 2.19. The summed E-state index contributed by atoms with van der Waals surface area (Å²) in [6.45, 7) is 1.57. The van der Waals surface area contributed by atoms with Crippen molar-refractivity contribution in [1.82, 2.24) is 4.98 Å². The molecule has 0 unspecified atom stereocenters. The summed E-state index contributed by atoms with van der Waals surface area (Å²) in [5, 5.41) is 11.6. The minimum Gasteiger partial charge on any atom is -0.384 e. The van der Waals surface area contributed by atoms with E-state index < -0.39 is 11.7 Å². The van der Waals surface area contributed by atoms with Gasteiger partial charge in [-0.25, -0.2) is 9.37 Å². The number of nitrogens with zero attached hydrogens (tertiary/aromatic N) is 1. The van der Waals surface area contributed by atoms with Crippen molar-refractivity contribution in [1.29, 1.82) is 0 Å². The minimum absolute atomic E-state index is 0.109. The van der Waals surface area contributed by atoms with Crippen LogP contribution in [-0.2, 0) is 0 Å². The zero-order valence-electron chi connectivity index (χ0n) is 10.6. The zero-order valence-corrected chi connectivity index (χ0v) is 11.4. The average Bonchev–Trinajstić information content (AvgIpc) is 2.83. The number of aromatic nitrogens is 1. The molecule has 0 atom stereocenters. The number of hydrogen-bond acceptors (Lipinski definition) is 4. The van der Waals surface area contributed by atoms with Gasteiger partial charge >= 0.3 is 0 Å². The largest absolute Gasteiger partial charge is 0.384 e. The lowest BCUT2D eigenvalue weighted by Gasteiger charge is -2.03. The molecule has 2 N–H and O–H groups in total. The first kappa shape index (κ1) is 14.2. The fourth-order valence-electron chi connectivity index (χ4n) is 1.50. The first-order chi connectivity index (χ1) is 9.60. The smallest absolute Gasteiger partial charge is 0.260 e. The number of halogens is 1. The molecule has 0 saturated carbocycles. The molecule has 102 valence electrons. The van der Waals surface area contributed by atoms with Crippen LogP contribution in [0.1, 0.15) is 20.8 Å². The SMILES string of the molecule is Cc1cnc(NC(=O)c2cc(C#CCO)ccc2F)s1. The van der Waals surface area contributed by atoms with Crippen molar-refractivity contribution in [2.75, 3.05) is 11.9 Å². The molecule has 0 radical (unpaired) electrons. The summed E-state index contributed by atoms with van der Waals surface area (Å²) in [4.78, 5) is 16.9. The Balaban J connectivity index is 2.24. The Labute approximate surface area is 119 Å². The van der Waals surface area contributed by atoms with Gasteiger partial charge in [0.25, 0.3) is 5.91 Å². The molecule has 4 nitrogen and oxygen atoms in total. The summed E-state index contributed by atoms with van der Waals surface area (Å²) in [5.74, 6) is 3.86. The second-order valence-electron chi connectivity index (χ2n) is 3.88. The van der Waals surface area contributed by atoms with Gasteiger partial charge in [0.05, 0.1) is 5.56 Å². The van der Waals surface area contributed by atoms with Crippen LogP contribution in [0.4, 0.5) is 9.52 Å². The minimum atomic E-state index is -0.634. The third-order valence-electron chi connectivity index (χ3n) is 2.36. The molecular weight excluding hydrogens is 279 g/mol.